The lowest BCUT2D eigenvalue weighted by atomic mass is 10.3. The van der Waals surface area contributed by atoms with Crippen LogP contribution < -0.4 is 5.32 Å². The summed E-state index contributed by atoms with van der Waals surface area (Å²) < 4.78 is 14.4. The summed E-state index contributed by atoms with van der Waals surface area (Å²) in [4.78, 5) is 4.13. The molecule has 0 bridgehead atoms. The van der Waals surface area contributed by atoms with E-state index in [1.807, 2.05) is 0 Å². The topological polar surface area (TPSA) is 24.9 Å². The van der Waals surface area contributed by atoms with Crippen molar-refractivity contribution in [2.24, 2.45) is 0 Å². The molecule has 16 heavy (non-hydrogen) atoms. The number of anilines is 1. The van der Waals surface area contributed by atoms with Crippen molar-refractivity contribution in [2.45, 2.75) is 6.54 Å². The Bertz CT molecular complexity index is 503. The molecule has 2 aromatic rings. The maximum atomic E-state index is 12.9. The minimum Gasteiger partial charge on any atom is -0.378 e. The Morgan fingerprint density at radius 2 is 2.31 bits per heavy atom. The highest BCUT2D eigenvalue weighted by molar-refractivity contribution is 14.1. The number of nitrogens with zero attached hydrogens (tertiary/aromatic N) is 1. The smallest absolute Gasteiger partial charge is 0.124 e. The molecule has 2 rings (SSSR count). The number of benzene rings is 1. The third-order valence-corrected chi connectivity index (χ3v) is 3.89. The molecule has 0 aliphatic rings. The van der Waals surface area contributed by atoms with Crippen molar-refractivity contribution in [1.29, 1.82) is 0 Å². The second kappa shape index (κ2) is 5.29. The summed E-state index contributed by atoms with van der Waals surface area (Å²) in [6, 6.07) is 4.63. The zero-order chi connectivity index (χ0) is 11.5. The fourth-order valence-electron chi connectivity index (χ4n) is 1.17. The molecule has 0 unspecified atom stereocenters. The van der Waals surface area contributed by atoms with Gasteiger partial charge in [-0.1, -0.05) is 11.6 Å². The van der Waals surface area contributed by atoms with Crippen LogP contribution >= 0.6 is 45.5 Å². The first-order valence-corrected chi connectivity index (χ1v) is 6.71. The van der Waals surface area contributed by atoms with Crippen LogP contribution in [-0.2, 0) is 6.54 Å². The Labute approximate surface area is 115 Å². The predicted molar refractivity (Wildman–Crippen MR) is 73.6 cm³/mol. The quantitative estimate of drug-likeness (QED) is 0.823. The minimum absolute atomic E-state index is 0.229. The highest BCUT2D eigenvalue weighted by Crippen LogP contribution is 2.22. The Balaban J connectivity index is 2.04. The van der Waals surface area contributed by atoms with Gasteiger partial charge in [0.15, 0.2) is 0 Å². The van der Waals surface area contributed by atoms with E-state index in [0.29, 0.717) is 10.9 Å². The highest BCUT2D eigenvalue weighted by Gasteiger charge is 2.03. The zero-order valence-corrected chi connectivity index (χ0v) is 11.7. The molecule has 6 heteroatoms. The van der Waals surface area contributed by atoms with Gasteiger partial charge in [-0.25, -0.2) is 9.37 Å². The van der Waals surface area contributed by atoms with Gasteiger partial charge in [0.05, 0.1) is 12.7 Å². The largest absolute Gasteiger partial charge is 0.378 e. The van der Waals surface area contributed by atoms with Crippen LogP contribution in [0.25, 0.3) is 0 Å². The average molecular weight is 369 g/mol. The molecule has 0 aliphatic heterocycles. The number of hydrogen-bond acceptors (Lipinski definition) is 3. The molecule has 2 nitrogen and oxygen atoms in total. The van der Waals surface area contributed by atoms with Gasteiger partial charge in [-0.15, -0.1) is 11.3 Å². The van der Waals surface area contributed by atoms with E-state index in [1.165, 1.54) is 23.5 Å². The summed E-state index contributed by atoms with van der Waals surface area (Å²) in [5.74, 6) is -0.229. The number of aromatic nitrogens is 1. The standard InChI is InChI=1S/C10H7ClFIN2S/c11-9-4-15-10(16-9)5-14-8-2-1-6(12)3-7(8)13/h1-4,14H,5H2. The van der Waals surface area contributed by atoms with Crippen LogP contribution in [0, 0.1) is 9.39 Å². The second-order valence-corrected chi connectivity index (χ2v) is 5.94. The van der Waals surface area contributed by atoms with E-state index in [2.05, 4.69) is 32.9 Å². The van der Waals surface area contributed by atoms with Crippen LogP contribution in [0.1, 0.15) is 5.01 Å². The molecule has 1 aromatic carbocycles. The fraction of sp³-hybridized carbons (Fsp3) is 0.100. The van der Waals surface area contributed by atoms with Gasteiger partial charge in [-0.2, -0.15) is 0 Å². The molecule has 0 spiro atoms. The van der Waals surface area contributed by atoms with Crippen molar-refractivity contribution < 1.29 is 4.39 Å². The molecule has 0 aliphatic carbocycles. The molecule has 0 saturated heterocycles. The van der Waals surface area contributed by atoms with Gasteiger partial charge in [0.1, 0.15) is 15.2 Å². The Kier molecular flexibility index (Phi) is 3.99. The van der Waals surface area contributed by atoms with Crippen LogP contribution in [0.5, 0.6) is 0 Å². The molecule has 0 amide bonds. The number of nitrogens with one attached hydrogen (secondary N) is 1. The van der Waals surface area contributed by atoms with Gasteiger partial charge >= 0.3 is 0 Å². The van der Waals surface area contributed by atoms with E-state index in [9.17, 15) is 4.39 Å². The SMILES string of the molecule is Fc1ccc(NCc2ncc(Cl)s2)c(I)c1. The normalized spacial score (nSPS) is 10.4. The van der Waals surface area contributed by atoms with E-state index in [0.717, 1.165) is 14.3 Å². The summed E-state index contributed by atoms with van der Waals surface area (Å²) in [6.45, 7) is 0.596. The first-order valence-electron chi connectivity index (χ1n) is 4.44. The van der Waals surface area contributed by atoms with E-state index in [1.54, 1.807) is 12.3 Å². The van der Waals surface area contributed by atoms with Gasteiger partial charge in [0.2, 0.25) is 0 Å². The Morgan fingerprint density at radius 3 is 2.94 bits per heavy atom. The van der Waals surface area contributed by atoms with E-state index in [-0.39, 0.29) is 5.82 Å². The van der Waals surface area contributed by atoms with Gasteiger partial charge < -0.3 is 5.32 Å². The third-order valence-electron chi connectivity index (χ3n) is 1.89. The predicted octanol–water partition coefficient (Wildman–Crippen LogP) is 4.15. The molecule has 0 fully saturated rings. The summed E-state index contributed by atoms with van der Waals surface area (Å²) >= 11 is 9.29. The number of rotatable bonds is 3. The summed E-state index contributed by atoms with van der Waals surface area (Å²) in [5, 5.41) is 4.09. The van der Waals surface area contributed by atoms with Gasteiger partial charge in [0, 0.05) is 9.26 Å². The van der Waals surface area contributed by atoms with Gasteiger partial charge in [0.25, 0.3) is 0 Å². The summed E-state index contributed by atoms with van der Waals surface area (Å²) in [7, 11) is 0. The minimum atomic E-state index is -0.229. The lowest BCUT2D eigenvalue weighted by Crippen LogP contribution is -2.00. The molecule has 0 atom stereocenters. The highest BCUT2D eigenvalue weighted by atomic mass is 127. The first-order chi connectivity index (χ1) is 7.65. The Hall–Kier alpha value is -0.400. The van der Waals surface area contributed by atoms with Crippen molar-refractivity contribution in [3.63, 3.8) is 0 Å². The van der Waals surface area contributed by atoms with Crippen LogP contribution in [0.4, 0.5) is 10.1 Å². The molecule has 0 saturated carbocycles. The fourth-order valence-corrected chi connectivity index (χ4v) is 2.74. The molecule has 84 valence electrons. The van der Waals surface area contributed by atoms with Crippen LogP contribution in [-0.4, -0.2) is 4.98 Å². The lowest BCUT2D eigenvalue weighted by molar-refractivity contribution is 0.627. The summed E-state index contributed by atoms with van der Waals surface area (Å²) in [5.41, 5.74) is 0.897. The zero-order valence-electron chi connectivity index (χ0n) is 8.01. The number of halogens is 3. The van der Waals surface area contributed by atoms with Crippen molar-refractivity contribution in [1.82, 2.24) is 4.98 Å². The van der Waals surface area contributed by atoms with Gasteiger partial charge in [-0.3, -0.25) is 0 Å². The van der Waals surface area contributed by atoms with Crippen molar-refractivity contribution in [3.05, 3.63) is 43.1 Å². The third kappa shape index (κ3) is 3.05. The number of hydrogen-bond donors (Lipinski definition) is 1. The molecule has 1 heterocycles. The van der Waals surface area contributed by atoms with Crippen LogP contribution in [0.2, 0.25) is 4.34 Å². The molecular formula is C10H7ClFIN2S. The van der Waals surface area contributed by atoms with Crippen molar-refractivity contribution in [2.75, 3.05) is 5.32 Å². The number of thiazole rings is 1. The van der Waals surface area contributed by atoms with E-state index >= 15 is 0 Å². The van der Waals surface area contributed by atoms with Crippen LogP contribution in [0.15, 0.2) is 24.4 Å². The summed E-state index contributed by atoms with van der Waals surface area (Å²) in [6.07, 6.45) is 1.62. The van der Waals surface area contributed by atoms with Crippen molar-refractivity contribution >= 4 is 51.2 Å². The molecule has 1 aromatic heterocycles. The van der Waals surface area contributed by atoms with E-state index < -0.39 is 0 Å². The maximum absolute atomic E-state index is 12.9. The monoisotopic (exact) mass is 368 g/mol. The maximum Gasteiger partial charge on any atom is 0.124 e. The van der Waals surface area contributed by atoms with Crippen molar-refractivity contribution in [3.8, 4) is 0 Å². The Morgan fingerprint density at radius 1 is 1.50 bits per heavy atom. The van der Waals surface area contributed by atoms with Crippen LogP contribution in [0.3, 0.4) is 0 Å². The van der Waals surface area contributed by atoms with Gasteiger partial charge in [-0.05, 0) is 40.8 Å². The molecular weight excluding hydrogens is 362 g/mol. The lowest BCUT2D eigenvalue weighted by Gasteiger charge is -2.06. The molecule has 0 radical (unpaired) electrons. The molecule has 1 N–H and O–H groups in total. The van der Waals surface area contributed by atoms with E-state index in [4.69, 9.17) is 11.6 Å². The average Bonchev–Trinajstić information content (AvgIpc) is 2.63. The first kappa shape index (κ1) is 12.1. The second-order valence-electron chi connectivity index (χ2n) is 3.04.